The molecule has 0 aliphatic heterocycles. The Balaban J connectivity index is 7.80. The number of carboxylic acid groups (broad SMARTS) is 1. The van der Waals surface area contributed by atoms with Gasteiger partial charge in [-0.3, -0.25) is 56.0 Å². The second-order valence-electron chi connectivity index (χ2n) is 10.2. The number of thioether (sulfide) groups is 1. The summed E-state index contributed by atoms with van der Waals surface area (Å²) in [5.74, 6) is -2.09. The van der Waals surface area contributed by atoms with Crippen LogP contribution in [0.2, 0.25) is 0 Å². The molecule has 0 aromatic rings. The molecule has 306 valence electrons. The van der Waals surface area contributed by atoms with Crippen molar-refractivity contribution in [3.63, 3.8) is 0 Å². The van der Waals surface area contributed by atoms with Gasteiger partial charge in [-0.05, 0) is 18.4 Å². The van der Waals surface area contributed by atoms with Gasteiger partial charge >= 0.3 is 66.7 Å². The molecule has 0 saturated heterocycles. The Hall–Kier alpha value is 0.900. The largest absolute Gasteiger partial charge is 0.480 e. The third-order valence-corrected chi connectivity index (χ3v) is 21.3. The zero-order chi connectivity index (χ0) is 41.1. The van der Waals surface area contributed by atoms with E-state index < -0.39 is 137 Å². The standard InChI is InChI=1S/C13H37N3O26P8S/c1-51-7-2-8(9(17)18)14(3-5-15(10(43(19,20)21)44(22,23)24)11(45(25,26)27)46(28,29)30)4-6-16(12(47(31,32)33)48(34,35)36)13(49(37,38)39)50(40,41)42/h8,10-13H,2-7H2,1H3,(H,17,18)(H2,19,20,21)(H2,22,23,24)(H2,25,26,27)(H2,28,29,30)(H2,31,32,33)(H2,34,35,36)(H2,37,38,39)(H2,40,41,42)/t8-/m0/s1. The van der Waals surface area contributed by atoms with Crippen molar-refractivity contribution in [2.45, 2.75) is 34.6 Å². The van der Waals surface area contributed by atoms with Gasteiger partial charge in [-0.25, -0.2) is 0 Å². The zero-order valence-electron chi connectivity index (χ0n) is 25.2. The molecule has 29 nitrogen and oxygen atoms in total. The number of carboxylic acids is 1. The summed E-state index contributed by atoms with van der Waals surface area (Å²) in [4.78, 5) is 166. The Morgan fingerprint density at radius 1 is 0.471 bits per heavy atom. The van der Waals surface area contributed by atoms with E-state index >= 15 is 0 Å². The summed E-state index contributed by atoms with van der Waals surface area (Å²) >= 11 is 0.925. The molecular formula is C13H37N3O26P8S. The molecule has 0 radical (unpaired) electrons. The third kappa shape index (κ3) is 16.1. The molecule has 1 atom stereocenters. The summed E-state index contributed by atoms with van der Waals surface area (Å²) in [6.07, 6.45) is 0.815. The number of nitrogens with zero attached hydrogens (tertiary/aromatic N) is 3. The van der Waals surface area contributed by atoms with Gasteiger partial charge in [0.05, 0.1) is 0 Å². The van der Waals surface area contributed by atoms with Gasteiger partial charge in [0.1, 0.15) is 6.04 Å². The van der Waals surface area contributed by atoms with Crippen molar-refractivity contribution in [3.8, 4) is 0 Å². The monoisotopic (exact) mass is 931 g/mol. The highest BCUT2D eigenvalue weighted by molar-refractivity contribution is 7.98. The minimum absolute atomic E-state index is 0.163. The molecule has 0 bridgehead atoms. The fourth-order valence-electron chi connectivity index (χ4n) is 4.63. The van der Waals surface area contributed by atoms with Gasteiger partial charge in [-0.15, -0.1) is 0 Å². The van der Waals surface area contributed by atoms with Crippen LogP contribution >= 0.6 is 72.5 Å². The van der Waals surface area contributed by atoms with Crippen LogP contribution in [0.4, 0.5) is 0 Å². The first-order chi connectivity index (χ1) is 22.2. The van der Waals surface area contributed by atoms with E-state index in [4.69, 9.17) is 0 Å². The second-order valence-corrected chi connectivity index (χ2v) is 26.2. The van der Waals surface area contributed by atoms with Crippen molar-refractivity contribution in [2.24, 2.45) is 0 Å². The van der Waals surface area contributed by atoms with Crippen molar-refractivity contribution in [1.29, 1.82) is 0 Å². The zero-order valence-corrected chi connectivity index (χ0v) is 33.2. The van der Waals surface area contributed by atoms with Crippen LogP contribution in [0.5, 0.6) is 0 Å². The fraction of sp³-hybridized carbons (Fsp3) is 0.923. The van der Waals surface area contributed by atoms with Crippen LogP contribution in [0.1, 0.15) is 6.42 Å². The van der Waals surface area contributed by atoms with Crippen molar-refractivity contribution in [3.05, 3.63) is 0 Å². The van der Waals surface area contributed by atoms with Crippen LogP contribution < -0.4 is 0 Å². The lowest BCUT2D eigenvalue weighted by atomic mass is 10.2. The quantitative estimate of drug-likeness (QED) is 0.0445. The van der Waals surface area contributed by atoms with Crippen LogP contribution in [-0.4, -0.2) is 170 Å². The molecule has 0 aliphatic rings. The molecule has 0 fully saturated rings. The Labute approximate surface area is 290 Å². The lowest BCUT2D eigenvalue weighted by Gasteiger charge is -2.41. The summed E-state index contributed by atoms with van der Waals surface area (Å²) in [6.45, 7) is -6.38. The molecule has 0 unspecified atom stereocenters. The molecule has 0 aliphatic carbocycles. The minimum atomic E-state index is -6.42. The van der Waals surface area contributed by atoms with E-state index in [0.29, 0.717) is 4.90 Å². The maximum absolute atomic E-state index is 12.3. The van der Waals surface area contributed by atoms with Crippen molar-refractivity contribution >= 4 is 78.5 Å². The van der Waals surface area contributed by atoms with Crippen LogP contribution in [0, 0.1) is 0 Å². The van der Waals surface area contributed by atoms with Gasteiger partial charge in [-0.1, -0.05) is 0 Å². The maximum atomic E-state index is 12.3. The summed E-state index contributed by atoms with van der Waals surface area (Å²) in [5.41, 5.74) is -15.1. The molecular weight excluding hydrogens is 894 g/mol. The van der Waals surface area contributed by atoms with Crippen LogP contribution in [0.25, 0.3) is 0 Å². The normalized spacial score (nSPS) is 15.7. The predicted molar refractivity (Wildman–Crippen MR) is 171 cm³/mol. The van der Waals surface area contributed by atoms with Crippen molar-refractivity contribution < 1.29 is 125 Å². The van der Waals surface area contributed by atoms with E-state index in [0.717, 1.165) is 11.8 Å². The molecule has 0 aromatic heterocycles. The first-order valence-electron chi connectivity index (χ1n) is 12.6. The average molecular weight is 931 g/mol. The highest BCUT2D eigenvalue weighted by Gasteiger charge is 2.60. The average Bonchev–Trinajstić information content (AvgIpc) is 2.77. The van der Waals surface area contributed by atoms with E-state index in [9.17, 15) is 125 Å². The molecule has 0 rings (SSSR count). The van der Waals surface area contributed by atoms with Gasteiger partial charge in [-0.2, -0.15) is 11.8 Å². The van der Waals surface area contributed by atoms with Crippen LogP contribution in [0.3, 0.4) is 0 Å². The van der Waals surface area contributed by atoms with E-state index in [2.05, 4.69) is 0 Å². The second kappa shape index (κ2) is 18.4. The highest BCUT2D eigenvalue weighted by Crippen LogP contribution is 2.70. The first-order valence-corrected chi connectivity index (χ1v) is 27.4. The number of rotatable bonds is 23. The molecule has 38 heteroatoms. The Kier molecular flexibility index (Phi) is 18.8. The molecule has 0 spiro atoms. The number of aliphatic carboxylic acids is 1. The van der Waals surface area contributed by atoms with Crippen molar-refractivity contribution in [2.75, 3.05) is 38.2 Å². The van der Waals surface area contributed by atoms with Gasteiger partial charge in [0, 0.05) is 26.2 Å². The van der Waals surface area contributed by atoms with E-state index in [1.54, 1.807) is 0 Å². The fourth-order valence-corrected chi connectivity index (χ4v) is 17.3. The van der Waals surface area contributed by atoms with E-state index in [1.807, 2.05) is 0 Å². The lowest BCUT2D eigenvalue weighted by molar-refractivity contribution is -0.143. The highest BCUT2D eigenvalue weighted by atomic mass is 32.2. The summed E-state index contributed by atoms with van der Waals surface area (Å²) in [7, 11) is -51.3. The van der Waals surface area contributed by atoms with E-state index in [1.165, 1.54) is 6.26 Å². The number of hydrogen-bond acceptors (Lipinski definition) is 13. The lowest BCUT2D eigenvalue weighted by Crippen LogP contribution is -2.53. The molecule has 51 heavy (non-hydrogen) atoms. The van der Waals surface area contributed by atoms with Gasteiger partial charge in [0.25, 0.3) is 0 Å². The third-order valence-electron chi connectivity index (χ3n) is 6.21. The first kappa shape index (κ1) is 51.9. The molecule has 0 aromatic carbocycles. The van der Waals surface area contributed by atoms with Gasteiger partial charge < -0.3 is 83.4 Å². The Bertz CT molecular complexity index is 1310. The molecule has 0 amide bonds. The van der Waals surface area contributed by atoms with Crippen molar-refractivity contribution in [1.82, 2.24) is 14.7 Å². The Morgan fingerprint density at radius 3 is 0.843 bits per heavy atom. The smallest absolute Gasteiger partial charge is 0.355 e. The van der Waals surface area contributed by atoms with Gasteiger partial charge in [0.15, 0.2) is 0 Å². The van der Waals surface area contributed by atoms with Gasteiger partial charge in [0.2, 0.25) is 22.1 Å². The molecule has 0 heterocycles. The van der Waals surface area contributed by atoms with E-state index in [-0.39, 0.29) is 5.75 Å². The molecule has 17 N–H and O–H groups in total. The summed E-state index contributed by atoms with van der Waals surface area (Å²) < 4.78 is 97.5. The predicted octanol–water partition coefficient (Wildman–Crippen LogP) is -3.35. The number of carbonyl (C=O) groups is 1. The van der Waals surface area contributed by atoms with Crippen LogP contribution in [-0.2, 0) is 41.3 Å². The SMILES string of the molecule is CSCC[C@@H](C(=O)O)N(CCN(C(P(=O)(O)O)P(=O)(O)O)C(P(=O)(O)O)P(=O)(O)O)CCN(C(P(=O)(O)O)P(=O)(O)O)C(P(=O)(O)O)P(=O)(O)O. The summed E-state index contributed by atoms with van der Waals surface area (Å²) in [6, 6.07) is -2.08. The minimum Gasteiger partial charge on any atom is -0.480 e. The summed E-state index contributed by atoms with van der Waals surface area (Å²) in [5, 5.41) is 9.90. The topological polar surface area (TPSA) is 507 Å². The van der Waals surface area contributed by atoms with Crippen LogP contribution in [0.15, 0.2) is 0 Å². The Morgan fingerprint density at radius 2 is 0.686 bits per heavy atom. The number of hydrogen-bond donors (Lipinski definition) is 17. The molecule has 0 saturated carbocycles. The maximum Gasteiger partial charge on any atom is 0.355 e.